The molecule has 3 rings (SSSR count). The smallest absolute Gasteiger partial charge is 0.249 e. The monoisotopic (exact) mass is 300 g/mol. The van der Waals surface area contributed by atoms with Gasteiger partial charge in [0.25, 0.3) is 0 Å². The summed E-state index contributed by atoms with van der Waals surface area (Å²) in [6.45, 7) is 2.39. The molecule has 1 unspecified atom stereocenters. The Balaban J connectivity index is 1.80. The summed E-state index contributed by atoms with van der Waals surface area (Å²) in [4.78, 5) is 22.3. The number of para-hydroxylation sites is 1. The first-order valence-corrected chi connectivity index (χ1v) is 7.26. The highest BCUT2D eigenvalue weighted by atomic mass is 19.1. The lowest BCUT2D eigenvalue weighted by molar-refractivity contribution is -0.120. The number of nitrogens with one attached hydrogen (secondary N) is 1. The third-order valence-corrected chi connectivity index (χ3v) is 3.71. The molecule has 1 saturated heterocycles. The van der Waals surface area contributed by atoms with Gasteiger partial charge in [-0.15, -0.1) is 0 Å². The van der Waals surface area contributed by atoms with E-state index in [2.05, 4.69) is 15.3 Å². The molecule has 2 heterocycles. The maximum absolute atomic E-state index is 13.9. The minimum absolute atomic E-state index is 0.132. The van der Waals surface area contributed by atoms with E-state index >= 15 is 0 Å². The molecule has 1 aromatic carbocycles. The quantitative estimate of drug-likeness (QED) is 0.946. The Labute approximate surface area is 128 Å². The van der Waals surface area contributed by atoms with Gasteiger partial charge >= 0.3 is 0 Å². The Hall–Kier alpha value is -2.50. The summed E-state index contributed by atoms with van der Waals surface area (Å²) in [6, 6.07) is 7.73. The molecule has 0 radical (unpaired) electrons. The number of hydrogen-bond donors (Lipinski definition) is 1. The lowest BCUT2D eigenvalue weighted by atomic mass is 10.0. The van der Waals surface area contributed by atoms with Crippen molar-refractivity contribution in [2.45, 2.75) is 25.8 Å². The molecule has 0 bridgehead atoms. The molecule has 6 heteroatoms. The van der Waals surface area contributed by atoms with Crippen molar-refractivity contribution in [1.82, 2.24) is 9.97 Å². The van der Waals surface area contributed by atoms with Crippen LogP contribution < -0.4 is 10.2 Å². The zero-order valence-corrected chi connectivity index (χ0v) is 12.3. The predicted octanol–water partition coefficient (Wildman–Crippen LogP) is 2.53. The van der Waals surface area contributed by atoms with E-state index in [0.29, 0.717) is 24.5 Å². The average Bonchev–Trinajstić information content (AvgIpc) is 2.50. The molecule has 1 amide bonds. The second kappa shape index (κ2) is 6.09. The van der Waals surface area contributed by atoms with Gasteiger partial charge in [0.05, 0.1) is 5.69 Å². The normalized spacial score (nSPS) is 18.4. The van der Waals surface area contributed by atoms with Crippen LogP contribution in [0.3, 0.4) is 0 Å². The van der Waals surface area contributed by atoms with Crippen molar-refractivity contribution in [3.63, 3.8) is 0 Å². The Bertz CT molecular complexity index is 691. The SMILES string of the molecule is Cc1cc(NC2CCCN(c3ccccc3F)C2=O)ncn1. The molecular weight excluding hydrogens is 283 g/mol. The highest BCUT2D eigenvalue weighted by Gasteiger charge is 2.31. The van der Waals surface area contributed by atoms with Crippen LogP contribution in [0.1, 0.15) is 18.5 Å². The predicted molar refractivity (Wildman–Crippen MR) is 82.2 cm³/mol. The minimum atomic E-state index is -0.400. The first-order chi connectivity index (χ1) is 10.6. The van der Waals surface area contributed by atoms with Crippen molar-refractivity contribution < 1.29 is 9.18 Å². The Morgan fingerprint density at radius 1 is 1.32 bits per heavy atom. The fourth-order valence-corrected chi connectivity index (χ4v) is 2.63. The zero-order chi connectivity index (χ0) is 15.5. The first kappa shape index (κ1) is 14.4. The van der Waals surface area contributed by atoms with Crippen LogP contribution in [0.4, 0.5) is 15.9 Å². The van der Waals surface area contributed by atoms with Gasteiger partial charge in [0.15, 0.2) is 0 Å². The van der Waals surface area contributed by atoms with Crippen molar-refractivity contribution >= 4 is 17.4 Å². The van der Waals surface area contributed by atoms with Crippen LogP contribution in [0.5, 0.6) is 0 Å². The second-order valence-corrected chi connectivity index (χ2v) is 5.33. The summed E-state index contributed by atoms with van der Waals surface area (Å²) >= 11 is 0. The molecule has 5 nitrogen and oxygen atoms in total. The molecule has 1 aliphatic heterocycles. The van der Waals surface area contributed by atoms with E-state index in [1.54, 1.807) is 24.3 Å². The van der Waals surface area contributed by atoms with E-state index in [1.165, 1.54) is 17.3 Å². The van der Waals surface area contributed by atoms with Crippen LogP contribution in [0, 0.1) is 12.7 Å². The molecular formula is C16H17FN4O. The van der Waals surface area contributed by atoms with E-state index in [1.807, 2.05) is 6.92 Å². The fraction of sp³-hybridized carbons (Fsp3) is 0.312. The van der Waals surface area contributed by atoms with Crippen molar-refractivity contribution in [3.8, 4) is 0 Å². The standard InChI is InChI=1S/C16H17FN4O/c1-11-9-15(19-10-18-11)20-13-6-4-8-21(16(13)22)14-7-3-2-5-12(14)17/h2-3,5,7,9-10,13H,4,6,8H2,1H3,(H,18,19,20). The summed E-state index contributed by atoms with van der Waals surface area (Å²) in [6.07, 6.45) is 2.97. The molecule has 1 aliphatic rings. The number of hydrogen-bond acceptors (Lipinski definition) is 4. The Kier molecular flexibility index (Phi) is 4.00. The lowest BCUT2D eigenvalue weighted by Crippen LogP contribution is -2.48. The van der Waals surface area contributed by atoms with E-state index in [0.717, 1.165) is 12.1 Å². The number of rotatable bonds is 3. The number of amides is 1. The van der Waals surface area contributed by atoms with E-state index in [-0.39, 0.29) is 11.7 Å². The van der Waals surface area contributed by atoms with Crippen LogP contribution >= 0.6 is 0 Å². The van der Waals surface area contributed by atoms with Crippen LogP contribution in [0.2, 0.25) is 0 Å². The first-order valence-electron chi connectivity index (χ1n) is 7.26. The van der Waals surface area contributed by atoms with Crippen LogP contribution in [-0.4, -0.2) is 28.5 Å². The topological polar surface area (TPSA) is 58.1 Å². The average molecular weight is 300 g/mol. The molecule has 0 spiro atoms. The largest absolute Gasteiger partial charge is 0.358 e. The molecule has 1 fully saturated rings. The third-order valence-electron chi connectivity index (χ3n) is 3.71. The van der Waals surface area contributed by atoms with Crippen LogP contribution in [0.15, 0.2) is 36.7 Å². The second-order valence-electron chi connectivity index (χ2n) is 5.33. The van der Waals surface area contributed by atoms with Gasteiger partial charge in [-0.1, -0.05) is 12.1 Å². The summed E-state index contributed by atoms with van der Waals surface area (Å²) in [5, 5.41) is 3.13. The lowest BCUT2D eigenvalue weighted by Gasteiger charge is -2.33. The van der Waals surface area contributed by atoms with Gasteiger partial charge in [-0.05, 0) is 31.9 Å². The van der Waals surface area contributed by atoms with Crippen LogP contribution in [0.25, 0.3) is 0 Å². The number of nitrogens with zero attached hydrogens (tertiary/aromatic N) is 3. The number of carbonyl (C=O) groups is 1. The zero-order valence-electron chi connectivity index (χ0n) is 12.3. The number of benzene rings is 1. The number of anilines is 2. The summed E-state index contributed by atoms with van der Waals surface area (Å²) < 4.78 is 13.9. The van der Waals surface area contributed by atoms with Crippen molar-refractivity contribution in [2.24, 2.45) is 0 Å². The fourth-order valence-electron chi connectivity index (χ4n) is 2.63. The number of carbonyl (C=O) groups excluding carboxylic acids is 1. The number of aryl methyl sites for hydroxylation is 1. The number of halogens is 1. The van der Waals surface area contributed by atoms with Gasteiger partial charge in [-0.3, -0.25) is 4.79 Å². The summed E-state index contributed by atoms with van der Waals surface area (Å²) in [5.41, 5.74) is 1.16. The maximum atomic E-state index is 13.9. The highest BCUT2D eigenvalue weighted by molar-refractivity contribution is 5.99. The third kappa shape index (κ3) is 2.90. The van der Waals surface area contributed by atoms with Crippen LogP contribution in [-0.2, 0) is 4.79 Å². The molecule has 22 heavy (non-hydrogen) atoms. The van der Waals surface area contributed by atoms with Gasteiger partial charge in [-0.25, -0.2) is 14.4 Å². The summed E-state index contributed by atoms with van der Waals surface area (Å²) in [7, 11) is 0. The molecule has 114 valence electrons. The van der Waals surface area contributed by atoms with Gasteiger partial charge in [-0.2, -0.15) is 0 Å². The van der Waals surface area contributed by atoms with Crippen molar-refractivity contribution in [2.75, 3.05) is 16.8 Å². The molecule has 0 aliphatic carbocycles. The highest BCUT2D eigenvalue weighted by Crippen LogP contribution is 2.25. The molecule has 2 aromatic rings. The minimum Gasteiger partial charge on any atom is -0.358 e. The van der Waals surface area contributed by atoms with Crippen molar-refractivity contribution in [1.29, 1.82) is 0 Å². The molecule has 1 N–H and O–H groups in total. The van der Waals surface area contributed by atoms with Gasteiger partial charge < -0.3 is 10.2 Å². The Morgan fingerprint density at radius 3 is 2.91 bits per heavy atom. The molecule has 1 atom stereocenters. The van der Waals surface area contributed by atoms with Crippen molar-refractivity contribution in [3.05, 3.63) is 48.2 Å². The van der Waals surface area contributed by atoms with E-state index in [4.69, 9.17) is 0 Å². The Morgan fingerprint density at radius 2 is 2.14 bits per heavy atom. The number of piperidine rings is 1. The van der Waals surface area contributed by atoms with Gasteiger partial charge in [0.2, 0.25) is 5.91 Å². The molecule has 1 aromatic heterocycles. The number of aromatic nitrogens is 2. The van der Waals surface area contributed by atoms with Gasteiger partial charge in [0.1, 0.15) is 24.0 Å². The maximum Gasteiger partial charge on any atom is 0.249 e. The van der Waals surface area contributed by atoms with E-state index < -0.39 is 6.04 Å². The van der Waals surface area contributed by atoms with E-state index in [9.17, 15) is 9.18 Å². The van der Waals surface area contributed by atoms with Gasteiger partial charge in [0, 0.05) is 18.3 Å². The molecule has 0 saturated carbocycles. The summed E-state index contributed by atoms with van der Waals surface area (Å²) in [5.74, 6) is 0.100.